The normalized spacial score (nSPS) is 13.5. The van der Waals surface area contributed by atoms with Crippen molar-refractivity contribution in [2.45, 2.75) is 13.3 Å². The molecule has 0 saturated carbocycles. The van der Waals surface area contributed by atoms with Crippen LogP contribution in [0.5, 0.6) is 5.75 Å². The van der Waals surface area contributed by atoms with Crippen LogP contribution in [0.4, 0.5) is 0 Å². The summed E-state index contributed by atoms with van der Waals surface area (Å²) in [7, 11) is -2.19. The minimum absolute atomic E-state index is 0.921. The van der Waals surface area contributed by atoms with E-state index in [0.29, 0.717) is 0 Å². The Hall–Kier alpha value is -2.63. The molecule has 1 aliphatic rings. The predicted molar refractivity (Wildman–Crippen MR) is 113 cm³/mol. The number of aryl methyl sites for hydroxylation is 1. The first-order chi connectivity index (χ1) is 12.8. The molecule has 0 heterocycles. The number of allylic oxidation sites excluding steroid dienone is 4. The molecule has 3 aromatic carbocycles. The van der Waals surface area contributed by atoms with Gasteiger partial charge in [-0.2, -0.15) is 0 Å². The van der Waals surface area contributed by atoms with Crippen molar-refractivity contribution in [3.05, 3.63) is 114 Å². The molecule has 0 spiro atoms. The van der Waals surface area contributed by atoms with Crippen molar-refractivity contribution in [3.63, 3.8) is 0 Å². The van der Waals surface area contributed by atoms with Crippen LogP contribution in [0.2, 0.25) is 0 Å². The first kappa shape index (κ1) is 16.8. The number of benzene rings is 3. The highest BCUT2D eigenvalue weighted by atomic mass is 31.2. The summed E-state index contributed by atoms with van der Waals surface area (Å²) in [5.41, 5.74) is 1.24. The second-order valence-electron chi connectivity index (χ2n) is 6.47. The molecule has 0 unspecified atom stereocenters. The number of rotatable bonds is 5. The van der Waals surface area contributed by atoms with E-state index in [2.05, 4.69) is 110 Å². The first-order valence-corrected chi connectivity index (χ1v) is 10.6. The highest BCUT2D eigenvalue weighted by Crippen LogP contribution is 2.65. The van der Waals surface area contributed by atoms with E-state index < -0.39 is 7.49 Å². The Kier molecular flexibility index (Phi) is 4.73. The van der Waals surface area contributed by atoms with Crippen molar-refractivity contribution in [1.82, 2.24) is 0 Å². The van der Waals surface area contributed by atoms with Gasteiger partial charge in [0.1, 0.15) is 15.9 Å². The molecule has 0 aromatic heterocycles. The van der Waals surface area contributed by atoms with E-state index in [-0.39, 0.29) is 0 Å². The summed E-state index contributed by atoms with van der Waals surface area (Å²) >= 11 is 0. The van der Waals surface area contributed by atoms with Gasteiger partial charge in [-0.15, -0.1) is 0 Å². The molecule has 0 amide bonds. The lowest BCUT2D eigenvalue weighted by atomic mass is 10.2. The maximum atomic E-state index is 6.92. The Labute approximate surface area is 156 Å². The fraction of sp³-hybridized carbons (Fsp3) is 0.0833. The van der Waals surface area contributed by atoms with Gasteiger partial charge >= 0.3 is 0 Å². The molecule has 0 N–H and O–H groups in total. The summed E-state index contributed by atoms with van der Waals surface area (Å²) in [5, 5.41) is 3.86. The lowest BCUT2D eigenvalue weighted by Gasteiger charge is -2.27. The highest BCUT2D eigenvalue weighted by Gasteiger charge is 2.51. The standard InChI is InChI=1S/C24H22OP/c1-20-16-18-21(19-17-20)25-26(24-14-8-9-15-24,22-10-4-2-5-11-22)23-12-6-3-7-13-23/h2-14,16-19H,15H2,1H3/q+1. The average Bonchev–Trinajstić information content (AvgIpc) is 3.24. The van der Waals surface area contributed by atoms with E-state index in [0.717, 1.165) is 12.2 Å². The van der Waals surface area contributed by atoms with Crippen molar-refractivity contribution in [2.24, 2.45) is 0 Å². The number of hydrogen-bond acceptors (Lipinski definition) is 1. The van der Waals surface area contributed by atoms with E-state index in [1.165, 1.54) is 21.5 Å². The Morgan fingerprint density at radius 1 is 0.731 bits per heavy atom. The summed E-state index contributed by atoms with van der Waals surface area (Å²) in [6, 6.07) is 29.8. The molecule has 4 rings (SSSR count). The quantitative estimate of drug-likeness (QED) is 0.524. The van der Waals surface area contributed by atoms with Gasteiger partial charge in [0.15, 0.2) is 5.75 Å². The molecule has 0 fully saturated rings. The van der Waals surface area contributed by atoms with Gasteiger partial charge in [0.05, 0.1) is 0 Å². The second kappa shape index (κ2) is 7.32. The number of hydrogen-bond donors (Lipinski definition) is 0. The van der Waals surface area contributed by atoms with E-state index in [1.807, 2.05) is 0 Å². The molecule has 3 aromatic rings. The zero-order chi connectivity index (χ0) is 17.8. The van der Waals surface area contributed by atoms with Gasteiger partial charge < -0.3 is 4.52 Å². The van der Waals surface area contributed by atoms with Crippen LogP contribution in [-0.4, -0.2) is 0 Å². The molecule has 1 nitrogen and oxygen atoms in total. The van der Waals surface area contributed by atoms with E-state index in [9.17, 15) is 0 Å². The van der Waals surface area contributed by atoms with Crippen molar-refractivity contribution in [3.8, 4) is 5.75 Å². The maximum Gasteiger partial charge on any atom is 0.283 e. The largest absolute Gasteiger partial charge is 0.335 e. The summed E-state index contributed by atoms with van der Waals surface area (Å²) < 4.78 is 6.92. The molecular formula is C24H22OP+. The molecule has 26 heavy (non-hydrogen) atoms. The molecule has 2 heteroatoms. The van der Waals surface area contributed by atoms with Gasteiger partial charge in [-0.3, -0.25) is 0 Å². The molecule has 128 valence electrons. The second-order valence-corrected chi connectivity index (χ2v) is 9.48. The third-order valence-corrected chi connectivity index (χ3v) is 8.34. The maximum absolute atomic E-state index is 6.92. The smallest absolute Gasteiger partial charge is 0.283 e. The van der Waals surface area contributed by atoms with Gasteiger partial charge in [0.2, 0.25) is 0 Å². The van der Waals surface area contributed by atoms with Crippen LogP contribution in [-0.2, 0) is 0 Å². The minimum Gasteiger partial charge on any atom is -0.335 e. The van der Waals surface area contributed by atoms with Gasteiger partial charge in [-0.05, 0) is 49.4 Å². The SMILES string of the molecule is Cc1ccc(O[P+](C2=CC=CC2)(c2ccccc2)c2ccccc2)cc1. The molecule has 0 saturated heterocycles. The average molecular weight is 357 g/mol. The van der Waals surface area contributed by atoms with Crippen molar-refractivity contribution in [2.75, 3.05) is 0 Å². The van der Waals surface area contributed by atoms with Gasteiger partial charge in [-0.25, -0.2) is 0 Å². The molecule has 0 aliphatic heterocycles. The zero-order valence-corrected chi connectivity index (χ0v) is 15.8. The highest BCUT2D eigenvalue weighted by molar-refractivity contribution is 7.89. The van der Waals surface area contributed by atoms with Gasteiger partial charge in [-0.1, -0.05) is 66.2 Å². The Balaban J connectivity index is 1.93. The van der Waals surface area contributed by atoms with E-state index >= 15 is 0 Å². The Morgan fingerprint density at radius 2 is 1.31 bits per heavy atom. The lowest BCUT2D eigenvalue weighted by molar-refractivity contribution is 0.616. The summed E-state index contributed by atoms with van der Waals surface area (Å²) in [5.74, 6) is 0.921. The van der Waals surface area contributed by atoms with Crippen molar-refractivity contribution in [1.29, 1.82) is 0 Å². The van der Waals surface area contributed by atoms with Crippen LogP contribution in [0.15, 0.2) is 108 Å². The fourth-order valence-electron chi connectivity index (χ4n) is 3.35. The summed E-state index contributed by atoms with van der Waals surface area (Å²) in [6.45, 7) is 2.10. The molecule has 1 aliphatic carbocycles. The monoisotopic (exact) mass is 357 g/mol. The predicted octanol–water partition coefficient (Wildman–Crippen LogP) is 5.80. The first-order valence-electron chi connectivity index (χ1n) is 8.92. The van der Waals surface area contributed by atoms with Crippen molar-refractivity contribution < 1.29 is 4.52 Å². The van der Waals surface area contributed by atoms with Crippen LogP contribution in [0.3, 0.4) is 0 Å². The van der Waals surface area contributed by atoms with Gasteiger partial charge in [0, 0.05) is 6.42 Å². The molecule has 0 atom stereocenters. The van der Waals surface area contributed by atoms with Crippen molar-refractivity contribution >= 4 is 18.1 Å². The van der Waals surface area contributed by atoms with Crippen LogP contribution >= 0.6 is 7.49 Å². The van der Waals surface area contributed by atoms with Crippen LogP contribution < -0.4 is 15.1 Å². The topological polar surface area (TPSA) is 9.23 Å². The zero-order valence-electron chi connectivity index (χ0n) is 14.9. The summed E-state index contributed by atoms with van der Waals surface area (Å²) in [6.07, 6.45) is 7.54. The van der Waals surface area contributed by atoms with E-state index in [4.69, 9.17) is 4.52 Å². The molecule has 0 radical (unpaired) electrons. The van der Waals surface area contributed by atoms with Crippen LogP contribution in [0.1, 0.15) is 12.0 Å². The third-order valence-electron chi connectivity index (χ3n) is 4.66. The Bertz CT molecular complexity index is 885. The molecular weight excluding hydrogens is 335 g/mol. The van der Waals surface area contributed by atoms with Crippen LogP contribution in [0.25, 0.3) is 0 Å². The lowest BCUT2D eigenvalue weighted by Crippen LogP contribution is -2.27. The van der Waals surface area contributed by atoms with Crippen LogP contribution in [0, 0.1) is 6.92 Å². The fourth-order valence-corrected chi connectivity index (χ4v) is 6.92. The summed E-state index contributed by atoms with van der Waals surface area (Å²) in [4.78, 5) is 0. The van der Waals surface area contributed by atoms with Gasteiger partial charge in [0.25, 0.3) is 7.49 Å². The third kappa shape index (κ3) is 3.11. The minimum atomic E-state index is -2.19. The van der Waals surface area contributed by atoms with E-state index in [1.54, 1.807) is 0 Å². The Morgan fingerprint density at radius 3 is 1.81 bits per heavy atom. The molecule has 0 bridgehead atoms.